The molecule has 0 aliphatic carbocycles. The second kappa shape index (κ2) is 5.85. The molecule has 4 heterocycles. The van der Waals surface area contributed by atoms with E-state index in [-0.39, 0.29) is 11.9 Å². The summed E-state index contributed by atoms with van der Waals surface area (Å²) in [4.78, 5) is 14.9. The fourth-order valence-corrected chi connectivity index (χ4v) is 3.82. The minimum absolute atomic E-state index is 0.0939. The van der Waals surface area contributed by atoms with Crippen LogP contribution in [0.1, 0.15) is 29.0 Å². The standard InChI is InChI=1S/C19H22N2O2/c1-13-4-2-3-5-15(13)17-6-7-18(23-17)19(22)20-16-12-21-10-8-14(16)9-11-21/h2-7,14,16H,8-12H2,1H3,(H,20,22)/t16-/m0/s1. The lowest BCUT2D eigenvalue weighted by Gasteiger charge is -2.44. The van der Waals surface area contributed by atoms with Crippen molar-refractivity contribution >= 4 is 5.91 Å². The number of nitrogens with one attached hydrogen (secondary N) is 1. The summed E-state index contributed by atoms with van der Waals surface area (Å²) < 4.78 is 5.81. The van der Waals surface area contributed by atoms with Crippen LogP contribution in [0.15, 0.2) is 40.8 Å². The summed E-state index contributed by atoms with van der Waals surface area (Å²) >= 11 is 0. The van der Waals surface area contributed by atoms with Gasteiger partial charge < -0.3 is 14.6 Å². The average Bonchev–Trinajstić information content (AvgIpc) is 3.06. The molecule has 3 aliphatic rings. The summed E-state index contributed by atoms with van der Waals surface area (Å²) in [6, 6.07) is 12.0. The van der Waals surface area contributed by atoms with E-state index in [1.165, 1.54) is 25.9 Å². The van der Waals surface area contributed by atoms with E-state index in [0.717, 1.165) is 23.4 Å². The number of rotatable bonds is 3. The molecule has 1 aromatic heterocycles. The van der Waals surface area contributed by atoms with E-state index in [1.807, 2.05) is 37.3 Å². The van der Waals surface area contributed by atoms with Crippen molar-refractivity contribution in [2.24, 2.45) is 5.92 Å². The van der Waals surface area contributed by atoms with Gasteiger partial charge in [-0.1, -0.05) is 24.3 Å². The van der Waals surface area contributed by atoms with Crippen LogP contribution in [0.5, 0.6) is 0 Å². The summed E-state index contributed by atoms with van der Waals surface area (Å²) in [5, 5.41) is 3.17. The maximum atomic E-state index is 12.5. The molecule has 5 rings (SSSR count). The largest absolute Gasteiger partial charge is 0.451 e. The molecule has 4 nitrogen and oxygen atoms in total. The average molecular weight is 310 g/mol. The van der Waals surface area contributed by atoms with Gasteiger partial charge in [0.2, 0.25) is 0 Å². The molecule has 120 valence electrons. The topological polar surface area (TPSA) is 45.5 Å². The van der Waals surface area contributed by atoms with E-state index in [0.29, 0.717) is 11.7 Å². The SMILES string of the molecule is Cc1ccccc1-c1ccc(C(=O)N[C@H]2CN3CCC2CC3)o1. The highest BCUT2D eigenvalue weighted by atomic mass is 16.3. The van der Waals surface area contributed by atoms with E-state index in [1.54, 1.807) is 6.07 Å². The molecule has 0 saturated carbocycles. The highest BCUT2D eigenvalue weighted by molar-refractivity contribution is 5.92. The third kappa shape index (κ3) is 2.79. The van der Waals surface area contributed by atoms with Crippen molar-refractivity contribution in [2.75, 3.05) is 19.6 Å². The van der Waals surface area contributed by atoms with Crippen molar-refractivity contribution in [1.82, 2.24) is 10.2 Å². The zero-order valence-corrected chi connectivity index (χ0v) is 13.4. The summed E-state index contributed by atoms with van der Waals surface area (Å²) in [6.07, 6.45) is 2.38. The predicted molar refractivity (Wildman–Crippen MR) is 89.3 cm³/mol. The van der Waals surface area contributed by atoms with E-state index in [2.05, 4.69) is 10.2 Å². The molecule has 3 saturated heterocycles. The lowest BCUT2D eigenvalue weighted by atomic mass is 9.84. The minimum Gasteiger partial charge on any atom is -0.451 e. The smallest absolute Gasteiger partial charge is 0.287 e. The Hall–Kier alpha value is -2.07. The van der Waals surface area contributed by atoms with Crippen molar-refractivity contribution in [2.45, 2.75) is 25.8 Å². The molecule has 23 heavy (non-hydrogen) atoms. The second-order valence-corrected chi connectivity index (χ2v) is 6.70. The number of fused-ring (bicyclic) bond motifs is 3. The Kier molecular flexibility index (Phi) is 3.69. The molecule has 3 fully saturated rings. The molecule has 1 N–H and O–H groups in total. The van der Waals surface area contributed by atoms with Crippen molar-refractivity contribution in [1.29, 1.82) is 0 Å². The maximum absolute atomic E-state index is 12.5. The van der Waals surface area contributed by atoms with Gasteiger partial charge in [0.15, 0.2) is 5.76 Å². The number of amides is 1. The molecule has 0 spiro atoms. The summed E-state index contributed by atoms with van der Waals surface area (Å²) in [7, 11) is 0. The molecule has 3 aliphatic heterocycles. The van der Waals surface area contributed by atoms with Crippen LogP contribution in [0.2, 0.25) is 0 Å². The summed E-state index contributed by atoms with van der Waals surface area (Å²) in [5.74, 6) is 1.68. The Morgan fingerprint density at radius 2 is 1.96 bits per heavy atom. The Bertz CT molecular complexity index is 714. The molecule has 4 heteroatoms. The number of hydrogen-bond donors (Lipinski definition) is 1. The maximum Gasteiger partial charge on any atom is 0.287 e. The molecule has 0 radical (unpaired) electrons. The molecule has 1 amide bonds. The van der Waals surface area contributed by atoms with Gasteiger partial charge in [-0.15, -0.1) is 0 Å². The van der Waals surface area contributed by atoms with Gasteiger partial charge in [0.05, 0.1) is 0 Å². The number of hydrogen-bond acceptors (Lipinski definition) is 3. The Labute approximate surface area is 136 Å². The van der Waals surface area contributed by atoms with Crippen LogP contribution >= 0.6 is 0 Å². The van der Waals surface area contributed by atoms with E-state index < -0.39 is 0 Å². The number of carbonyl (C=O) groups is 1. The molecular formula is C19H22N2O2. The normalized spacial score (nSPS) is 26.2. The van der Waals surface area contributed by atoms with Gasteiger partial charge >= 0.3 is 0 Å². The predicted octanol–water partition coefficient (Wildman–Crippen LogP) is 3.08. The fourth-order valence-electron chi connectivity index (χ4n) is 3.82. The lowest BCUT2D eigenvalue weighted by Crippen LogP contribution is -2.57. The van der Waals surface area contributed by atoms with E-state index in [9.17, 15) is 4.79 Å². The van der Waals surface area contributed by atoms with Crippen molar-refractivity contribution < 1.29 is 9.21 Å². The minimum atomic E-state index is -0.0939. The van der Waals surface area contributed by atoms with Crippen molar-refractivity contribution in [3.05, 3.63) is 47.7 Å². The van der Waals surface area contributed by atoms with Crippen molar-refractivity contribution in [3.63, 3.8) is 0 Å². The highest BCUT2D eigenvalue weighted by Crippen LogP contribution is 2.28. The first-order chi connectivity index (χ1) is 11.2. The monoisotopic (exact) mass is 310 g/mol. The second-order valence-electron chi connectivity index (χ2n) is 6.70. The number of furan rings is 1. The van der Waals surface area contributed by atoms with Gasteiger partial charge in [-0.25, -0.2) is 0 Å². The molecule has 2 aromatic rings. The molecule has 2 bridgehead atoms. The fraction of sp³-hybridized carbons (Fsp3) is 0.421. The Balaban J connectivity index is 1.48. The van der Waals surface area contributed by atoms with Crippen LogP contribution in [0.25, 0.3) is 11.3 Å². The first kappa shape index (κ1) is 14.5. The lowest BCUT2D eigenvalue weighted by molar-refractivity contribution is 0.0606. The van der Waals surface area contributed by atoms with Crippen LogP contribution in [-0.2, 0) is 0 Å². The van der Waals surface area contributed by atoms with Gasteiger partial charge in [-0.05, 0) is 56.5 Å². The number of aryl methyl sites for hydroxylation is 1. The van der Waals surface area contributed by atoms with Crippen LogP contribution in [0, 0.1) is 12.8 Å². The van der Waals surface area contributed by atoms with Crippen LogP contribution in [0.3, 0.4) is 0 Å². The van der Waals surface area contributed by atoms with Crippen LogP contribution < -0.4 is 5.32 Å². The number of carbonyl (C=O) groups excluding carboxylic acids is 1. The zero-order chi connectivity index (χ0) is 15.8. The molecule has 1 atom stereocenters. The Morgan fingerprint density at radius 3 is 2.65 bits per heavy atom. The highest BCUT2D eigenvalue weighted by Gasteiger charge is 2.35. The molecule has 0 unspecified atom stereocenters. The van der Waals surface area contributed by atoms with E-state index >= 15 is 0 Å². The summed E-state index contributed by atoms with van der Waals surface area (Å²) in [6.45, 7) is 5.37. The molecular weight excluding hydrogens is 288 g/mol. The zero-order valence-electron chi connectivity index (χ0n) is 13.4. The summed E-state index contributed by atoms with van der Waals surface area (Å²) in [5.41, 5.74) is 2.18. The quantitative estimate of drug-likeness (QED) is 0.947. The third-order valence-corrected chi connectivity index (χ3v) is 5.21. The number of piperidine rings is 3. The Morgan fingerprint density at radius 1 is 1.17 bits per heavy atom. The number of nitrogens with zero attached hydrogens (tertiary/aromatic N) is 1. The van der Waals surface area contributed by atoms with Gasteiger partial charge in [-0.2, -0.15) is 0 Å². The van der Waals surface area contributed by atoms with Gasteiger partial charge in [-0.3, -0.25) is 4.79 Å². The van der Waals surface area contributed by atoms with Crippen molar-refractivity contribution in [3.8, 4) is 11.3 Å². The van der Waals surface area contributed by atoms with Gasteiger partial charge in [0.1, 0.15) is 5.76 Å². The number of benzene rings is 1. The molecule has 1 aromatic carbocycles. The first-order valence-electron chi connectivity index (χ1n) is 8.40. The first-order valence-corrected chi connectivity index (χ1v) is 8.40. The van der Waals surface area contributed by atoms with Gasteiger partial charge in [0.25, 0.3) is 5.91 Å². The van der Waals surface area contributed by atoms with Crippen LogP contribution in [0.4, 0.5) is 0 Å². The van der Waals surface area contributed by atoms with Gasteiger partial charge in [0, 0.05) is 18.2 Å². The van der Waals surface area contributed by atoms with Crippen LogP contribution in [-0.4, -0.2) is 36.5 Å². The third-order valence-electron chi connectivity index (χ3n) is 5.21. The van der Waals surface area contributed by atoms with E-state index in [4.69, 9.17) is 4.42 Å².